The van der Waals surface area contributed by atoms with Gasteiger partial charge in [0.1, 0.15) is 19.3 Å². The Morgan fingerprint density at radius 3 is 1.32 bits per heavy atom. The van der Waals surface area contributed by atoms with Gasteiger partial charge in [-0.05, 0) is 18.8 Å². The third-order valence-corrected chi connectivity index (χ3v) is 6.27. The molecule has 0 aromatic rings. The minimum Gasteiger partial charge on any atom is -0.463 e. The summed E-state index contributed by atoms with van der Waals surface area (Å²) in [7, 11) is 0. The maximum atomic E-state index is 11.8. The van der Waals surface area contributed by atoms with Gasteiger partial charge in [-0.15, -0.1) is 0 Å². The third-order valence-electron chi connectivity index (χ3n) is 6.27. The summed E-state index contributed by atoms with van der Waals surface area (Å²) in [5.41, 5.74) is 0. The second-order valence-corrected chi connectivity index (χ2v) is 10.4. The van der Waals surface area contributed by atoms with Crippen LogP contribution in [-0.4, -0.2) is 36.4 Å². The molecule has 0 bridgehead atoms. The van der Waals surface area contributed by atoms with Gasteiger partial charge in [-0.1, -0.05) is 124 Å². The summed E-state index contributed by atoms with van der Waals surface area (Å²) in [6.45, 7) is 6.54. The monoisotopic (exact) mass is 484 g/mol. The standard InChI is InChI=1S/C29H56O5/c1-4-5-6-7-8-9-10-11-12-16-19-22-28(31)33-24-27(30)25-34-29(32)23-20-17-14-13-15-18-21-26(2)3/h26-27,30H,4-25H2,1-3H3/t27-/m0/s1. The Kier molecular flexibility index (Phi) is 24.2. The molecular weight excluding hydrogens is 428 g/mol. The van der Waals surface area contributed by atoms with Crippen molar-refractivity contribution in [3.63, 3.8) is 0 Å². The maximum absolute atomic E-state index is 11.8. The topological polar surface area (TPSA) is 72.8 Å². The summed E-state index contributed by atoms with van der Waals surface area (Å²) < 4.78 is 10.2. The minimum absolute atomic E-state index is 0.111. The highest BCUT2D eigenvalue weighted by Crippen LogP contribution is 2.13. The Hall–Kier alpha value is -1.10. The fourth-order valence-corrected chi connectivity index (χ4v) is 4.03. The van der Waals surface area contributed by atoms with Gasteiger partial charge in [0.05, 0.1) is 0 Å². The van der Waals surface area contributed by atoms with Crippen molar-refractivity contribution in [3.8, 4) is 0 Å². The summed E-state index contributed by atoms with van der Waals surface area (Å²) in [4.78, 5) is 23.6. The van der Waals surface area contributed by atoms with Gasteiger partial charge >= 0.3 is 11.9 Å². The highest BCUT2D eigenvalue weighted by atomic mass is 16.6. The normalized spacial score (nSPS) is 12.1. The molecule has 0 aliphatic carbocycles. The number of ether oxygens (including phenoxy) is 2. The number of esters is 2. The molecule has 0 fully saturated rings. The summed E-state index contributed by atoms with van der Waals surface area (Å²) in [5.74, 6) is 0.212. The van der Waals surface area contributed by atoms with E-state index in [2.05, 4.69) is 20.8 Å². The molecule has 0 saturated carbocycles. The lowest BCUT2D eigenvalue weighted by atomic mass is 10.0. The molecule has 34 heavy (non-hydrogen) atoms. The first-order valence-corrected chi connectivity index (χ1v) is 14.4. The van der Waals surface area contributed by atoms with Crippen LogP contribution in [0, 0.1) is 5.92 Å². The molecular formula is C29H56O5. The first-order chi connectivity index (χ1) is 16.5. The van der Waals surface area contributed by atoms with Crippen LogP contribution in [0.4, 0.5) is 0 Å². The zero-order valence-electron chi connectivity index (χ0n) is 22.8. The smallest absolute Gasteiger partial charge is 0.305 e. The lowest BCUT2D eigenvalue weighted by molar-refractivity contribution is -0.152. The van der Waals surface area contributed by atoms with Gasteiger partial charge in [0, 0.05) is 12.8 Å². The molecule has 0 unspecified atom stereocenters. The molecule has 5 nitrogen and oxygen atoms in total. The van der Waals surface area contributed by atoms with Crippen LogP contribution < -0.4 is 0 Å². The Morgan fingerprint density at radius 1 is 0.588 bits per heavy atom. The number of unbranched alkanes of at least 4 members (excludes halogenated alkanes) is 15. The van der Waals surface area contributed by atoms with E-state index in [-0.39, 0.29) is 25.2 Å². The second kappa shape index (κ2) is 25.0. The third kappa shape index (κ3) is 25.5. The zero-order valence-corrected chi connectivity index (χ0v) is 22.8. The molecule has 1 N–H and O–H groups in total. The van der Waals surface area contributed by atoms with Crippen molar-refractivity contribution < 1.29 is 24.2 Å². The maximum Gasteiger partial charge on any atom is 0.305 e. The highest BCUT2D eigenvalue weighted by molar-refractivity contribution is 5.69. The van der Waals surface area contributed by atoms with Crippen LogP contribution in [0.2, 0.25) is 0 Å². The Labute approximate surface area is 210 Å². The highest BCUT2D eigenvalue weighted by Gasteiger charge is 2.12. The van der Waals surface area contributed by atoms with Crippen molar-refractivity contribution in [2.75, 3.05) is 13.2 Å². The second-order valence-electron chi connectivity index (χ2n) is 10.4. The zero-order chi connectivity index (χ0) is 25.3. The van der Waals surface area contributed by atoms with Gasteiger partial charge in [0.25, 0.3) is 0 Å². The summed E-state index contributed by atoms with van der Waals surface area (Å²) in [5, 5.41) is 9.88. The van der Waals surface area contributed by atoms with Gasteiger partial charge in [-0.3, -0.25) is 9.59 Å². The molecule has 5 heteroatoms. The molecule has 0 aliphatic heterocycles. The quantitative estimate of drug-likeness (QED) is 0.105. The summed E-state index contributed by atoms with van der Waals surface area (Å²) in [6, 6.07) is 0. The van der Waals surface area contributed by atoms with Gasteiger partial charge in [-0.2, -0.15) is 0 Å². The molecule has 0 aromatic heterocycles. The van der Waals surface area contributed by atoms with E-state index in [0.29, 0.717) is 12.8 Å². The van der Waals surface area contributed by atoms with E-state index in [1.807, 2.05) is 0 Å². The molecule has 0 radical (unpaired) electrons. The predicted molar refractivity (Wildman–Crippen MR) is 141 cm³/mol. The number of hydrogen-bond acceptors (Lipinski definition) is 5. The molecule has 0 amide bonds. The number of aliphatic hydroxyl groups is 1. The van der Waals surface area contributed by atoms with Crippen molar-refractivity contribution >= 4 is 11.9 Å². The van der Waals surface area contributed by atoms with E-state index in [1.54, 1.807) is 0 Å². The number of carbonyl (C=O) groups is 2. The first-order valence-electron chi connectivity index (χ1n) is 14.4. The van der Waals surface area contributed by atoms with Crippen molar-refractivity contribution in [2.24, 2.45) is 5.92 Å². The van der Waals surface area contributed by atoms with Crippen LogP contribution >= 0.6 is 0 Å². The van der Waals surface area contributed by atoms with Crippen LogP contribution in [0.5, 0.6) is 0 Å². The summed E-state index contributed by atoms with van der Waals surface area (Å²) >= 11 is 0. The molecule has 0 aromatic carbocycles. The van der Waals surface area contributed by atoms with E-state index >= 15 is 0 Å². The lowest BCUT2D eigenvalue weighted by Gasteiger charge is -2.12. The van der Waals surface area contributed by atoms with E-state index in [9.17, 15) is 14.7 Å². The van der Waals surface area contributed by atoms with Crippen LogP contribution in [0.15, 0.2) is 0 Å². The predicted octanol–water partition coefficient (Wildman–Crippen LogP) is 7.91. The van der Waals surface area contributed by atoms with Crippen LogP contribution in [-0.2, 0) is 19.1 Å². The number of aliphatic hydroxyl groups excluding tert-OH is 1. The number of carbonyl (C=O) groups excluding carboxylic acids is 2. The van der Waals surface area contributed by atoms with Crippen molar-refractivity contribution in [1.29, 1.82) is 0 Å². The van der Waals surface area contributed by atoms with Crippen LogP contribution in [0.25, 0.3) is 0 Å². The SMILES string of the molecule is CCCCCCCCCCCCCC(=O)OC[C@H](O)COC(=O)CCCCCCCCC(C)C. The van der Waals surface area contributed by atoms with Crippen molar-refractivity contribution in [2.45, 2.75) is 155 Å². The Balaban J connectivity index is 3.45. The first kappa shape index (κ1) is 32.9. The Bertz CT molecular complexity index is 463. The molecule has 0 saturated heterocycles. The van der Waals surface area contributed by atoms with E-state index < -0.39 is 6.10 Å². The summed E-state index contributed by atoms with van der Waals surface area (Å²) in [6.07, 6.45) is 21.6. The number of rotatable bonds is 25. The largest absolute Gasteiger partial charge is 0.463 e. The molecule has 0 heterocycles. The van der Waals surface area contributed by atoms with Crippen LogP contribution in [0.1, 0.15) is 149 Å². The average molecular weight is 485 g/mol. The van der Waals surface area contributed by atoms with Crippen molar-refractivity contribution in [1.82, 2.24) is 0 Å². The Morgan fingerprint density at radius 2 is 0.941 bits per heavy atom. The van der Waals surface area contributed by atoms with Gasteiger partial charge < -0.3 is 14.6 Å². The average Bonchev–Trinajstić information content (AvgIpc) is 2.81. The van der Waals surface area contributed by atoms with Gasteiger partial charge in [0.15, 0.2) is 0 Å². The van der Waals surface area contributed by atoms with Crippen LogP contribution in [0.3, 0.4) is 0 Å². The fourth-order valence-electron chi connectivity index (χ4n) is 4.03. The van der Waals surface area contributed by atoms with Crippen molar-refractivity contribution in [3.05, 3.63) is 0 Å². The molecule has 0 aliphatic rings. The molecule has 0 rings (SSSR count). The van der Waals surface area contributed by atoms with E-state index in [4.69, 9.17) is 9.47 Å². The lowest BCUT2D eigenvalue weighted by Crippen LogP contribution is -2.25. The fraction of sp³-hybridized carbons (Fsp3) is 0.931. The molecule has 0 spiro atoms. The number of hydrogen-bond donors (Lipinski definition) is 1. The van der Waals surface area contributed by atoms with E-state index in [0.717, 1.165) is 38.0 Å². The molecule has 1 atom stereocenters. The molecule has 202 valence electrons. The van der Waals surface area contributed by atoms with Gasteiger partial charge in [-0.25, -0.2) is 0 Å². The van der Waals surface area contributed by atoms with Gasteiger partial charge in [0.2, 0.25) is 0 Å². The minimum atomic E-state index is -0.953. The van der Waals surface area contributed by atoms with E-state index in [1.165, 1.54) is 83.5 Å².